The molecular formula is C32H32ClF2N5O4. The molecule has 0 spiro atoms. The Morgan fingerprint density at radius 2 is 1.84 bits per heavy atom. The molecule has 12 heteroatoms. The van der Waals surface area contributed by atoms with Gasteiger partial charge in [0.1, 0.15) is 5.75 Å². The second-order valence-corrected chi connectivity index (χ2v) is 12.3. The van der Waals surface area contributed by atoms with Gasteiger partial charge in [0.2, 0.25) is 5.91 Å². The zero-order chi connectivity index (χ0) is 31.5. The van der Waals surface area contributed by atoms with Crippen LogP contribution in [0.25, 0.3) is 11.1 Å². The number of rotatable bonds is 7. The molecule has 3 amide bonds. The Balaban J connectivity index is 1.43. The minimum Gasteiger partial charge on any atom is -0.420 e. The summed E-state index contributed by atoms with van der Waals surface area (Å²) in [5.74, 6) is -0.678. The number of benzene rings is 2. The van der Waals surface area contributed by atoms with Gasteiger partial charge in [0.15, 0.2) is 0 Å². The van der Waals surface area contributed by atoms with E-state index in [1.54, 1.807) is 24.2 Å². The summed E-state index contributed by atoms with van der Waals surface area (Å²) < 4.78 is 30.4. The zero-order valence-corrected chi connectivity index (χ0v) is 25.4. The summed E-state index contributed by atoms with van der Waals surface area (Å²) in [5, 5.41) is 5.98. The van der Waals surface area contributed by atoms with Gasteiger partial charge in [0, 0.05) is 77.8 Å². The molecule has 1 aliphatic carbocycles. The third kappa shape index (κ3) is 5.45. The highest BCUT2D eigenvalue weighted by molar-refractivity contribution is 6.20. The van der Waals surface area contributed by atoms with Crippen LogP contribution in [0.2, 0.25) is 0 Å². The molecule has 3 aromatic rings. The SMILES string of the molecule is CC(=O)N[C@@H]1CCC2c3cc(C(=O)Nc4ccc(OC(F)(F)Cl)cc4)cc(-c4cnc5c(c4)C(=O)N(C)C5)c3N(C(C)C)C21. The van der Waals surface area contributed by atoms with E-state index in [1.165, 1.54) is 31.2 Å². The Morgan fingerprint density at radius 3 is 2.50 bits per heavy atom. The van der Waals surface area contributed by atoms with E-state index >= 15 is 0 Å². The Morgan fingerprint density at radius 1 is 1.11 bits per heavy atom. The molecule has 2 aliphatic heterocycles. The molecule has 2 aromatic carbocycles. The third-order valence-electron chi connectivity index (χ3n) is 8.53. The second kappa shape index (κ2) is 11.0. The van der Waals surface area contributed by atoms with E-state index in [2.05, 4.69) is 39.1 Å². The highest BCUT2D eigenvalue weighted by Gasteiger charge is 2.49. The maximum absolute atomic E-state index is 13.7. The number of amides is 3. The number of alkyl halides is 3. The molecule has 0 radical (unpaired) electrons. The van der Waals surface area contributed by atoms with Crippen LogP contribution in [-0.4, -0.2) is 58.3 Å². The number of pyridine rings is 1. The average molecular weight is 624 g/mol. The van der Waals surface area contributed by atoms with Crippen LogP contribution in [0.5, 0.6) is 5.75 Å². The van der Waals surface area contributed by atoms with E-state index in [1.807, 2.05) is 12.1 Å². The number of hydrogen-bond acceptors (Lipinski definition) is 6. The maximum atomic E-state index is 13.7. The molecule has 2 N–H and O–H groups in total. The molecular weight excluding hydrogens is 592 g/mol. The predicted molar refractivity (Wildman–Crippen MR) is 162 cm³/mol. The number of anilines is 2. The molecule has 3 atom stereocenters. The minimum atomic E-state index is -3.85. The lowest BCUT2D eigenvalue weighted by Gasteiger charge is -2.36. The highest BCUT2D eigenvalue weighted by atomic mass is 35.5. The second-order valence-electron chi connectivity index (χ2n) is 11.8. The lowest BCUT2D eigenvalue weighted by atomic mass is 9.91. The van der Waals surface area contributed by atoms with Crippen LogP contribution >= 0.6 is 11.6 Å². The normalized spacial score (nSPS) is 20.5. The van der Waals surface area contributed by atoms with Crippen molar-refractivity contribution >= 4 is 40.7 Å². The van der Waals surface area contributed by atoms with E-state index in [0.717, 1.165) is 29.7 Å². The van der Waals surface area contributed by atoms with E-state index in [-0.39, 0.29) is 41.6 Å². The van der Waals surface area contributed by atoms with Crippen LogP contribution in [0.15, 0.2) is 48.7 Å². The Labute approximate surface area is 258 Å². The van der Waals surface area contributed by atoms with Crippen LogP contribution < -0.4 is 20.3 Å². The van der Waals surface area contributed by atoms with Crippen molar-refractivity contribution in [1.29, 1.82) is 0 Å². The van der Waals surface area contributed by atoms with Crippen molar-refractivity contribution in [2.45, 2.75) is 69.8 Å². The number of fused-ring (bicyclic) bond motifs is 4. The number of aromatic nitrogens is 1. The van der Waals surface area contributed by atoms with Gasteiger partial charge in [-0.05, 0) is 74.7 Å². The van der Waals surface area contributed by atoms with Crippen molar-refractivity contribution in [3.63, 3.8) is 0 Å². The van der Waals surface area contributed by atoms with Gasteiger partial charge in [0.05, 0.1) is 23.8 Å². The van der Waals surface area contributed by atoms with Gasteiger partial charge in [0.25, 0.3) is 11.8 Å². The summed E-state index contributed by atoms with van der Waals surface area (Å²) in [6, 6.07) is 11.0. The summed E-state index contributed by atoms with van der Waals surface area (Å²) in [6.45, 7) is 6.16. The lowest BCUT2D eigenvalue weighted by Crippen LogP contribution is -2.50. The van der Waals surface area contributed by atoms with Gasteiger partial charge >= 0.3 is 5.57 Å². The number of carbonyl (C=O) groups excluding carboxylic acids is 3. The quantitative estimate of drug-likeness (QED) is 0.326. The number of carbonyl (C=O) groups is 3. The molecule has 1 fully saturated rings. The predicted octanol–water partition coefficient (Wildman–Crippen LogP) is 5.73. The first kappa shape index (κ1) is 29.8. The van der Waals surface area contributed by atoms with Crippen molar-refractivity contribution < 1.29 is 27.9 Å². The molecule has 2 unspecified atom stereocenters. The maximum Gasteiger partial charge on any atom is 0.487 e. The Hall–Kier alpha value is -4.25. The van der Waals surface area contributed by atoms with Gasteiger partial charge in [-0.2, -0.15) is 0 Å². The zero-order valence-electron chi connectivity index (χ0n) is 24.7. The van der Waals surface area contributed by atoms with Crippen molar-refractivity contribution in [3.8, 4) is 16.9 Å². The molecule has 230 valence electrons. The molecule has 6 rings (SSSR count). The number of nitrogens with one attached hydrogen (secondary N) is 2. The van der Waals surface area contributed by atoms with Gasteiger partial charge < -0.3 is 25.2 Å². The van der Waals surface area contributed by atoms with Gasteiger partial charge in [-0.25, -0.2) is 0 Å². The smallest absolute Gasteiger partial charge is 0.420 e. The lowest BCUT2D eigenvalue weighted by molar-refractivity contribution is -0.119. The fourth-order valence-corrected chi connectivity index (χ4v) is 6.94. The average Bonchev–Trinajstić information content (AvgIpc) is 3.59. The van der Waals surface area contributed by atoms with Crippen molar-refractivity contribution in [2.75, 3.05) is 17.3 Å². The van der Waals surface area contributed by atoms with Crippen molar-refractivity contribution in [1.82, 2.24) is 15.2 Å². The molecule has 3 heterocycles. The number of ether oxygens (including phenoxy) is 1. The van der Waals surface area contributed by atoms with Crippen molar-refractivity contribution in [2.24, 2.45) is 0 Å². The largest absolute Gasteiger partial charge is 0.487 e. The standard InChI is InChI=1S/C32H32ClF2N5O4/c1-16(2)40-28-23(19-13-25-27(36-14-19)15-39(4)31(25)43)11-18(12-24(28)22-9-10-26(29(22)40)37-17(3)41)30(42)38-20-5-7-21(8-6-20)44-32(33,34)35/h5-8,11-14,16,22,26,29H,9-10,15H2,1-4H3,(H,37,41)(H,38,42)/t22?,26-,29?/m1/s1. The fourth-order valence-electron chi connectivity index (χ4n) is 6.85. The summed E-state index contributed by atoms with van der Waals surface area (Å²) >= 11 is 4.86. The van der Waals surface area contributed by atoms with Gasteiger partial charge in [-0.15, -0.1) is 8.78 Å². The van der Waals surface area contributed by atoms with Crippen LogP contribution in [-0.2, 0) is 11.3 Å². The van der Waals surface area contributed by atoms with Gasteiger partial charge in [-0.1, -0.05) is 0 Å². The van der Waals surface area contributed by atoms with E-state index in [4.69, 9.17) is 11.6 Å². The Bertz CT molecular complexity index is 1660. The molecule has 1 aromatic heterocycles. The molecule has 0 saturated heterocycles. The number of halogens is 3. The van der Waals surface area contributed by atoms with Crippen LogP contribution in [0.4, 0.5) is 20.2 Å². The van der Waals surface area contributed by atoms with E-state index in [0.29, 0.717) is 34.6 Å². The first-order valence-electron chi connectivity index (χ1n) is 14.5. The van der Waals surface area contributed by atoms with Crippen LogP contribution in [0.1, 0.15) is 71.5 Å². The van der Waals surface area contributed by atoms with Crippen molar-refractivity contribution in [3.05, 3.63) is 71.0 Å². The van der Waals surface area contributed by atoms with Crippen LogP contribution in [0.3, 0.4) is 0 Å². The first-order valence-corrected chi connectivity index (χ1v) is 14.8. The van der Waals surface area contributed by atoms with Gasteiger partial charge in [-0.3, -0.25) is 19.4 Å². The molecule has 44 heavy (non-hydrogen) atoms. The minimum absolute atomic E-state index is 0.00582. The molecule has 3 aliphatic rings. The first-order chi connectivity index (χ1) is 20.8. The van der Waals surface area contributed by atoms with E-state index in [9.17, 15) is 23.2 Å². The van der Waals surface area contributed by atoms with E-state index < -0.39 is 11.5 Å². The molecule has 0 bridgehead atoms. The highest BCUT2D eigenvalue weighted by Crippen LogP contribution is 2.54. The number of hydrogen-bond donors (Lipinski definition) is 2. The molecule has 1 saturated carbocycles. The Kier molecular flexibility index (Phi) is 7.47. The third-order valence-corrected chi connectivity index (χ3v) is 8.61. The summed E-state index contributed by atoms with van der Waals surface area (Å²) in [5.41, 5.74) is 1.59. The monoisotopic (exact) mass is 623 g/mol. The summed E-state index contributed by atoms with van der Waals surface area (Å²) in [4.78, 5) is 47.2. The molecule has 9 nitrogen and oxygen atoms in total. The summed E-state index contributed by atoms with van der Waals surface area (Å²) in [7, 11) is 1.73. The fraction of sp³-hybridized carbons (Fsp3) is 0.375. The summed E-state index contributed by atoms with van der Waals surface area (Å²) in [6.07, 6.45) is 3.38. The number of nitrogens with zero attached hydrogens (tertiary/aromatic N) is 3. The topological polar surface area (TPSA) is 104 Å². The van der Waals surface area contributed by atoms with Crippen LogP contribution in [0, 0.1) is 0 Å².